The Bertz CT molecular complexity index is 839. The van der Waals surface area contributed by atoms with E-state index in [-0.39, 0.29) is 0 Å². The lowest BCUT2D eigenvalue weighted by atomic mass is 9.77. The molecule has 2 aromatic carbocycles. The lowest BCUT2D eigenvalue weighted by molar-refractivity contribution is 0.304. The summed E-state index contributed by atoms with van der Waals surface area (Å²) in [5.74, 6) is 0.128. The van der Waals surface area contributed by atoms with Gasteiger partial charge in [-0.3, -0.25) is 0 Å². The minimum absolute atomic E-state index is 0.699. The van der Waals surface area contributed by atoms with E-state index in [0.29, 0.717) is 5.92 Å². The third-order valence-corrected chi connectivity index (χ3v) is 6.74. The lowest BCUT2D eigenvalue weighted by Crippen LogP contribution is -2.13. The third-order valence-electron chi connectivity index (χ3n) is 6.74. The van der Waals surface area contributed by atoms with Crippen LogP contribution in [0.4, 0.5) is 8.78 Å². The molecule has 0 bridgehead atoms. The minimum atomic E-state index is -0.763. The number of allylic oxidation sites excluding steroid dienone is 1. The fourth-order valence-electron chi connectivity index (χ4n) is 4.96. The van der Waals surface area contributed by atoms with E-state index >= 15 is 0 Å². The van der Waals surface area contributed by atoms with Gasteiger partial charge in [-0.15, -0.1) is 0 Å². The highest BCUT2D eigenvalue weighted by molar-refractivity contribution is 5.84. The van der Waals surface area contributed by atoms with Crippen LogP contribution in [-0.4, -0.2) is 0 Å². The molecule has 0 radical (unpaired) electrons. The highest BCUT2D eigenvalue weighted by Crippen LogP contribution is 2.38. The van der Waals surface area contributed by atoms with E-state index in [2.05, 4.69) is 31.2 Å². The van der Waals surface area contributed by atoms with Gasteiger partial charge >= 0.3 is 0 Å². The summed E-state index contributed by atoms with van der Waals surface area (Å²) < 4.78 is 27.0. The molecular weight excluding hydrogens is 350 g/mol. The summed E-state index contributed by atoms with van der Waals surface area (Å²) in [6, 6.07) is 11.7. The van der Waals surface area contributed by atoms with Crippen LogP contribution >= 0.6 is 0 Å². The van der Waals surface area contributed by atoms with Gasteiger partial charge in [0.2, 0.25) is 0 Å². The first-order chi connectivity index (χ1) is 13.6. The summed E-state index contributed by atoms with van der Waals surface area (Å²) in [7, 11) is 0. The zero-order valence-electron chi connectivity index (χ0n) is 16.8. The van der Waals surface area contributed by atoms with E-state index in [1.165, 1.54) is 73.8 Å². The van der Waals surface area contributed by atoms with Gasteiger partial charge in [0.05, 0.1) is 0 Å². The normalized spacial score (nSPS) is 21.9. The maximum absolute atomic E-state index is 13.6. The SMILES string of the molecule is CCCCC1CCC(c2ccc(C3=Cc4cc(F)c(F)cc4CC3)cc2)CC1. The molecule has 28 heavy (non-hydrogen) atoms. The zero-order chi connectivity index (χ0) is 19.5. The summed E-state index contributed by atoms with van der Waals surface area (Å²) in [6.07, 6.45) is 13.1. The van der Waals surface area contributed by atoms with Gasteiger partial charge < -0.3 is 0 Å². The summed E-state index contributed by atoms with van der Waals surface area (Å²) in [5.41, 5.74) is 5.60. The van der Waals surface area contributed by atoms with E-state index < -0.39 is 11.6 Å². The van der Waals surface area contributed by atoms with Gasteiger partial charge in [-0.1, -0.05) is 56.5 Å². The van der Waals surface area contributed by atoms with E-state index in [1.54, 1.807) is 0 Å². The molecule has 148 valence electrons. The van der Waals surface area contributed by atoms with E-state index in [1.807, 2.05) is 6.08 Å². The number of hydrogen-bond donors (Lipinski definition) is 0. The summed E-state index contributed by atoms with van der Waals surface area (Å²) in [4.78, 5) is 0. The maximum Gasteiger partial charge on any atom is 0.159 e. The van der Waals surface area contributed by atoms with Gasteiger partial charge in [0.15, 0.2) is 11.6 Å². The first-order valence-electron chi connectivity index (χ1n) is 10.9. The van der Waals surface area contributed by atoms with Crippen molar-refractivity contribution in [2.45, 2.75) is 70.6 Å². The van der Waals surface area contributed by atoms with Crippen molar-refractivity contribution < 1.29 is 8.78 Å². The van der Waals surface area contributed by atoms with Gasteiger partial charge in [0, 0.05) is 0 Å². The molecule has 0 saturated heterocycles. The van der Waals surface area contributed by atoms with Crippen LogP contribution in [0.1, 0.15) is 86.5 Å². The average molecular weight is 381 g/mol. The van der Waals surface area contributed by atoms with E-state index in [9.17, 15) is 8.78 Å². The quantitative estimate of drug-likeness (QED) is 0.494. The molecule has 4 rings (SSSR count). The Labute approximate surface area is 167 Å². The van der Waals surface area contributed by atoms with Gasteiger partial charge in [0.25, 0.3) is 0 Å². The van der Waals surface area contributed by atoms with Gasteiger partial charge in [-0.25, -0.2) is 8.78 Å². The van der Waals surface area contributed by atoms with Crippen molar-refractivity contribution >= 4 is 11.6 Å². The second-order valence-electron chi connectivity index (χ2n) is 8.62. The first kappa shape index (κ1) is 19.4. The first-order valence-corrected chi connectivity index (χ1v) is 10.9. The van der Waals surface area contributed by atoms with Gasteiger partial charge in [0.1, 0.15) is 0 Å². The maximum atomic E-state index is 13.6. The van der Waals surface area contributed by atoms with E-state index in [0.717, 1.165) is 29.9 Å². The topological polar surface area (TPSA) is 0 Å². The van der Waals surface area contributed by atoms with Crippen LogP contribution in [0.3, 0.4) is 0 Å². The molecule has 2 heteroatoms. The minimum Gasteiger partial charge on any atom is -0.204 e. The number of rotatable bonds is 5. The smallest absolute Gasteiger partial charge is 0.159 e. The second kappa shape index (κ2) is 8.59. The Balaban J connectivity index is 1.44. The van der Waals surface area contributed by atoms with Gasteiger partial charge in [-0.2, -0.15) is 0 Å². The summed E-state index contributed by atoms with van der Waals surface area (Å²) in [5, 5.41) is 0. The summed E-state index contributed by atoms with van der Waals surface area (Å²) in [6.45, 7) is 2.28. The molecule has 0 amide bonds. The molecule has 1 saturated carbocycles. The highest BCUT2D eigenvalue weighted by atomic mass is 19.2. The molecule has 0 aliphatic heterocycles. The predicted molar refractivity (Wildman–Crippen MR) is 113 cm³/mol. The molecule has 0 heterocycles. The van der Waals surface area contributed by atoms with Crippen molar-refractivity contribution in [1.29, 1.82) is 0 Å². The monoisotopic (exact) mass is 380 g/mol. The predicted octanol–water partition coefficient (Wildman–Crippen LogP) is 7.92. The largest absolute Gasteiger partial charge is 0.204 e. The third kappa shape index (κ3) is 4.21. The van der Waals surface area contributed by atoms with Crippen molar-refractivity contribution in [3.8, 4) is 0 Å². The van der Waals surface area contributed by atoms with Crippen LogP contribution in [0.2, 0.25) is 0 Å². The standard InChI is InChI=1S/C26H30F2/c1-2-3-4-18-5-7-19(8-6-18)20-9-11-21(12-10-20)22-13-14-23-16-25(27)26(28)17-24(23)15-22/h9-12,15-19H,2-8,13-14H2,1H3. The molecule has 0 nitrogen and oxygen atoms in total. The Morgan fingerprint density at radius 1 is 0.893 bits per heavy atom. The number of fused-ring (bicyclic) bond motifs is 1. The molecule has 0 unspecified atom stereocenters. The Morgan fingerprint density at radius 3 is 2.32 bits per heavy atom. The van der Waals surface area contributed by atoms with Crippen molar-refractivity contribution in [3.63, 3.8) is 0 Å². The van der Waals surface area contributed by atoms with Crippen molar-refractivity contribution in [3.05, 3.63) is 70.3 Å². The van der Waals surface area contributed by atoms with Crippen LogP contribution in [0.5, 0.6) is 0 Å². The highest BCUT2D eigenvalue weighted by Gasteiger charge is 2.22. The molecule has 2 aliphatic rings. The Hall–Kier alpha value is -1.96. The van der Waals surface area contributed by atoms with Crippen LogP contribution in [-0.2, 0) is 6.42 Å². The molecule has 0 N–H and O–H groups in total. The molecule has 0 atom stereocenters. The molecule has 0 aromatic heterocycles. The summed E-state index contributed by atoms with van der Waals surface area (Å²) >= 11 is 0. The molecule has 2 aliphatic carbocycles. The van der Waals surface area contributed by atoms with Crippen LogP contribution in [0.25, 0.3) is 11.6 Å². The van der Waals surface area contributed by atoms with Crippen molar-refractivity contribution in [2.75, 3.05) is 0 Å². The van der Waals surface area contributed by atoms with Crippen LogP contribution in [0, 0.1) is 17.6 Å². The fourth-order valence-corrected chi connectivity index (χ4v) is 4.96. The molecular formula is C26H30F2. The second-order valence-corrected chi connectivity index (χ2v) is 8.62. The lowest BCUT2D eigenvalue weighted by Gasteiger charge is -2.29. The molecule has 0 spiro atoms. The zero-order valence-corrected chi connectivity index (χ0v) is 16.8. The Kier molecular flexibility index (Phi) is 5.94. The molecule has 1 fully saturated rings. The number of hydrogen-bond acceptors (Lipinski definition) is 0. The van der Waals surface area contributed by atoms with Crippen LogP contribution in [0.15, 0.2) is 36.4 Å². The average Bonchev–Trinajstić information content (AvgIpc) is 2.73. The van der Waals surface area contributed by atoms with Crippen molar-refractivity contribution in [2.24, 2.45) is 5.92 Å². The number of aryl methyl sites for hydroxylation is 1. The van der Waals surface area contributed by atoms with Crippen LogP contribution < -0.4 is 0 Å². The molecule has 2 aromatic rings. The number of unbranched alkanes of at least 4 members (excludes halogenated alkanes) is 1. The van der Waals surface area contributed by atoms with Gasteiger partial charge in [-0.05, 0) is 90.3 Å². The van der Waals surface area contributed by atoms with Crippen molar-refractivity contribution in [1.82, 2.24) is 0 Å². The fraction of sp³-hybridized carbons (Fsp3) is 0.462. The Morgan fingerprint density at radius 2 is 1.61 bits per heavy atom. The number of halogens is 2. The number of benzene rings is 2. The van der Waals surface area contributed by atoms with E-state index in [4.69, 9.17) is 0 Å².